The van der Waals surface area contributed by atoms with Crippen molar-refractivity contribution < 1.29 is 27.4 Å². The van der Waals surface area contributed by atoms with Crippen LogP contribution >= 0.6 is 11.6 Å². The number of ether oxygens (including phenoxy) is 3. The molecule has 0 aliphatic rings. The second kappa shape index (κ2) is 11.4. The summed E-state index contributed by atoms with van der Waals surface area (Å²) >= 11 is 6.15. The summed E-state index contributed by atoms with van der Waals surface area (Å²) in [4.78, 5) is 13.3. The average Bonchev–Trinajstić information content (AvgIpc) is 2.88. The zero-order chi connectivity index (χ0) is 25.6. The predicted molar refractivity (Wildman–Crippen MR) is 135 cm³/mol. The Morgan fingerprint density at radius 3 is 2.14 bits per heavy atom. The van der Waals surface area contributed by atoms with Crippen LogP contribution in [0.2, 0.25) is 5.02 Å². The number of anilines is 1. The lowest BCUT2D eigenvalue weighted by molar-refractivity contribution is -0.117. The fourth-order valence-corrected chi connectivity index (χ4v) is 5.14. The highest BCUT2D eigenvalue weighted by Gasteiger charge is 2.31. The van der Waals surface area contributed by atoms with Crippen LogP contribution in [-0.4, -0.2) is 47.0 Å². The molecule has 0 aromatic heterocycles. The Kier molecular flexibility index (Phi) is 8.61. The Hall–Kier alpha value is -3.27. The fourth-order valence-electron chi connectivity index (χ4n) is 3.54. The van der Waals surface area contributed by atoms with Crippen molar-refractivity contribution in [3.05, 3.63) is 77.3 Å². The summed E-state index contributed by atoms with van der Waals surface area (Å²) in [5.41, 5.74) is 0.976. The first-order valence-corrected chi connectivity index (χ1v) is 12.4. The number of nitrogens with zero attached hydrogens (tertiary/aromatic N) is 1. The van der Waals surface area contributed by atoms with Crippen LogP contribution in [0.4, 0.5) is 5.69 Å². The minimum absolute atomic E-state index is 0.130. The van der Waals surface area contributed by atoms with Crippen LogP contribution in [0.5, 0.6) is 17.2 Å². The number of sulfonamides is 1. The van der Waals surface area contributed by atoms with Crippen molar-refractivity contribution in [2.24, 2.45) is 0 Å². The molecule has 0 saturated heterocycles. The van der Waals surface area contributed by atoms with Crippen LogP contribution in [0.3, 0.4) is 0 Å². The number of methoxy groups -OCH3 is 3. The van der Waals surface area contributed by atoms with Gasteiger partial charge in [0.15, 0.2) is 0 Å². The molecule has 186 valence electrons. The van der Waals surface area contributed by atoms with Crippen LogP contribution in [-0.2, 0) is 14.8 Å². The van der Waals surface area contributed by atoms with E-state index in [9.17, 15) is 13.2 Å². The van der Waals surface area contributed by atoms with Crippen molar-refractivity contribution in [1.82, 2.24) is 4.31 Å². The molecular formula is C25H27ClN2O6S. The van der Waals surface area contributed by atoms with Gasteiger partial charge in [-0.1, -0.05) is 41.9 Å². The summed E-state index contributed by atoms with van der Waals surface area (Å²) in [5, 5.41) is 3.11. The Labute approximate surface area is 210 Å². The normalized spacial score (nSPS) is 12.2. The minimum atomic E-state index is -3.89. The molecule has 0 unspecified atom stereocenters. The molecule has 1 atom stereocenters. The van der Waals surface area contributed by atoms with Crippen molar-refractivity contribution in [3.63, 3.8) is 0 Å². The van der Waals surface area contributed by atoms with Crippen LogP contribution in [0.25, 0.3) is 0 Å². The summed E-state index contributed by atoms with van der Waals surface area (Å²) < 4.78 is 43.7. The molecular weight excluding hydrogens is 492 g/mol. The quantitative estimate of drug-likeness (QED) is 0.416. The standard InChI is InChI=1S/C25H27ClN2O6S/c1-28(35(30,31)19-8-6-5-7-9-19)22(17-10-12-18(32-2)13-11-17)16-25(29)27-21-15-23(33-3)20(26)14-24(21)34-4/h5-15,22H,16H2,1-4H3,(H,27,29)/t22-/m0/s1. The predicted octanol–water partition coefficient (Wildman–Crippen LogP) is 4.76. The molecule has 0 aliphatic carbocycles. The SMILES string of the molecule is COc1ccc([C@H](CC(=O)Nc2cc(OC)c(Cl)cc2OC)N(C)S(=O)(=O)c2ccccc2)cc1. The van der Waals surface area contributed by atoms with Crippen molar-refractivity contribution in [1.29, 1.82) is 0 Å². The summed E-state index contributed by atoms with van der Waals surface area (Å²) in [5.74, 6) is 0.890. The first-order valence-electron chi connectivity index (χ1n) is 10.6. The molecule has 1 N–H and O–H groups in total. The average molecular weight is 519 g/mol. The highest BCUT2D eigenvalue weighted by Crippen LogP contribution is 2.37. The lowest BCUT2D eigenvalue weighted by atomic mass is 10.0. The van der Waals surface area contributed by atoms with E-state index in [0.29, 0.717) is 33.5 Å². The smallest absolute Gasteiger partial charge is 0.243 e. The molecule has 0 bridgehead atoms. The number of rotatable bonds is 10. The van der Waals surface area contributed by atoms with Gasteiger partial charge in [-0.15, -0.1) is 0 Å². The molecule has 1 amide bonds. The van der Waals surface area contributed by atoms with Gasteiger partial charge in [-0.05, 0) is 29.8 Å². The van der Waals surface area contributed by atoms with Crippen molar-refractivity contribution >= 4 is 33.2 Å². The topological polar surface area (TPSA) is 94.2 Å². The van der Waals surface area contributed by atoms with E-state index in [1.807, 2.05) is 0 Å². The lowest BCUT2D eigenvalue weighted by Gasteiger charge is -2.28. The Balaban J connectivity index is 1.95. The van der Waals surface area contributed by atoms with Crippen LogP contribution in [0.1, 0.15) is 18.0 Å². The number of hydrogen-bond acceptors (Lipinski definition) is 6. The van der Waals surface area contributed by atoms with Crippen LogP contribution < -0.4 is 19.5 Å². The van der Waals surface area contributed by atoms with Gasteiger partial charge in [-0.25, -0.2) is 8.42 Å². The third kappa shape index (κ3) is 6.05. The number of nitrogens with one attached hydrogen (secondary N) is 1. The highest BCUT2D eigenvalue weighted by atomic mass is 35.5. The van der Waals surface area contributed by atoms with Gasteiger partial charge < -0.3 is 19.5 Å². The molecule has 3 aromatic rings. The van der Waals surface area contributed by atoms with E-state index in [0.717, 1.165) is 0 Å². The Morgan fingerprint density at radius 2 is 1.57 bits per heavy atom. The summed E-state index contributed by atoms with van der Waals surface area (Å²) in [6.45, 7) is 0. The lowest BCUT2D eigenvalue weighted by Crippen LogP contribution is -2.33. The van der Waals surface area contributed by atoms with Gasteiger partial charge in [0, 0.05) is 25.6 Å². The van der Waals surface area contributed by atoms with E-state index >= 15 is 0 Å². The first kappa shape index (κ1) is 26.3. The second-order valence-corrected chi connectivity index (χ2v) is 9.97. The van der Waals surface area contributed by atoms with Gasteiger partial charge >= 0.3 is 0 Å². The molecule has 0 aliphatic heterocycles. The van der Waals surface area contributed by atoms with E-state index in [1.165, 1.54) is 43.8 Å². The fraction of sp³-hybridized carbons (Fsp3) is 0.240. The number of carbonyl (C=O) groups is 1. The Morgan fingerprint density at radius 1 is 0.943 bits per heavy atom. The molecule has 8 nitrogen and oxygen atoms in total. The van der Waals surface area contributed by atoms with E-state index in [1.54, 1.807) is 55.6 Å². The largest absolute Gasteiger partial charge is 0.497 e. The van der Waals surface area contributed by atoms with Gasteiger partial charge in [-0.3, -0.25) is 4.79 Å². The van der Waals surface area contributed by atoms with Gasteiger partial charge in [0.1, 0.15) is 17.2 Å². The Bertz CT molecular complexity index is 1270. The van der Waals surface area contributed by atoms with Crippen molar-refractivity contribution in [2.45, 2.75) is 17.4 Å². The van der Waals surface area contributed by atoms with E-state index in [-0.39, 0.29) is 11.3 Å². The number of halogens is 1. The van der Waals surface area contributed by atoms with E-state index in [2.05, 4.69) is 5.32 Å². The molecule has 3 rings (SSSR count). The maximum atomic E-state index is 13.3. The maximum absolute atomic E-state index is 13.3. The summed E-state index contributed by atoms with van der Waals surface area (Å²) in [6.07, 6.45) is -0.164. The first-order chi connectivity index (χ1) is 16.7. The van der Waals surface area contributed by atoms with Gasteiger partial charge in [0.2, 0.25) is 15.9 Å². The zero-order valence-corrected chi connectivity index (χ0v) is 21.4. The summed E-state index contributed by atoms with van der Waals surface area (Å²) in [6, 6.07) is 17.3. The van der Waals surface area contributed by atoms with Gasteiger partial charge in [0.05, 0.1) is 43.0 Å². The highest BCUT2D eigenvalue weighted by molar-refractivity contribution is 7.89. The van der Waals surface area contributed by atoms with Crippen LogP contribution in [0.15, 0.2) is 71.6 Å². The van der Waals surface area contributed by atoms with E-state index in [4.69, 9.17) is 25.8 Å². The monoisotopic (exact) mass is 518 g/mol. The maximum Gasteiger partial charge on any atom is 0.243 e. The molecule has 0 fully saturated rings. The second-order valence-electron chi connectivity index (χ2n) is 7.56. The number of hydrogen-bond donors (Lipinski definition) is 1. The van der Waals surface area contributed by atoms with Crippen molar-refractivity contribution in [3.8, 4) is 17.2 Å². The van der Waals surface area contributed by atoms with Gasteiger partial charge in [-0.2, -0.15) is 4.31 Å². The molecule has 3 aromatic carbocycles. The number of carbonyl (C=O) groups excluding carboxylic acids is 1. The summed E-state index contributed by atoms with van der Waals surface area (Å²) in [7, 11) is 2.02. The zero-order valence-electron chi connectivity index (χ0n) is 19.8. The number of amides is 1. The molecule has 0 spiro atoms. The third-order valence-corrected chi connectivity index (χ3v) is 7.66. The molecule has 35 heavy (non-hydrogen) atoms. The molecule has 0 saturated carbocycles. The van der Waals surface area contributed by atoms with E-state index < -0.39 is 22.0 Å². The molecule has 0 heterocycles. The van der Waals surface area contributed by atoms with Gasteiger partial charge in [0.25, 0.3) is 0 Å². The van der Waals surface area contributed by atoms with Crippen molar-refractivity contribution in [2.75, 3.05) is 33.7 Å². The molecule has 0 radical (unpaired) electrons. The minimum Gasteiger partial charge on any atom is -0.497 e. The van der Waals surface area contributed by atoms with Crippen LogP contribution in [0, 0.1) is 0 Å². The third-order valence-electron chi connectivity index (χ3n) is 5.49. The number of benzene rings is 3. The molecule has 10 heteroatoms.